The van der Waals surface area contributed by atoms with Crippen molar-refractivity contribution in [2.75, 3.05) is 0 Å². The number of rotatable bonds is 5. The van der Waals surface area contributed by atoms with Gasteiger partial charge in [-0.3, -0.25) is 14.2 Å². The van der Waals surface area contributed by atoms with Crippen molar-refractivity contribution < 1.29 is 4.79 Å². The molecule has 1 unspecified atom stereocenters. The summed E-state index contributed by atoms with van der Waals surface area (Å²) < 4.78 is 3.46. The van der Waals surface area contributed by atoms with E-state index in [-0.39, 0.29) is 11.9 Å². The van der Waals surface area contributed by atoms with Crippen LogP contribution < -0.4 is 5.32 Å². The molecule has 0 aromatic carbocycles. The Kier molecular flexibility index (Phi) is 4.90. The average molecular weight is 324 g/mol. The van der Waals surface area contributed by atoms with E-state index in [2.05, 4.69) is 15.5 Å². The highest BCUT2D eigenvalue weighted by Gasteiger charge is 2.23. The van der Waals surface area contributed by atoms with Crippen LogP contribution in [0.4, 0.5) is 0 Å². The highest BCUT2D eigenvalue weighted by molar-refractivity contribution is 6.31. The van der Waals surface area contributed by atoms with E-state index in [9.17, 15) is 4.79 Å². The van der Waals surface area contributed by atoms with Gasteiger partial charge in [-0.05, 0) is 27.2 Å². The second-order valence-corrected chi connectivity index (χ2v) is 5.86. The van der Waals surface area contributed by atoms with Crippen molar-refractivity contribution in [2.24, 2.45) is 7.05 Å². The number of amides is 1. The quantitative estimate of drug-likeness (QED) is 0.919. The SMILES string of the molecule is CCC(C(=O)NCc1cn(C)nc1C)n1nc(C)c(Cl)c1C. The molecule has 0 radical (unpaired) electrons. The first-order chi connectivity index (χ1) is 10.3. The predicted octanol–water partition coefficient (Wildman–Crippen LogP) is 2.46. The van der Waals surface area contributed by atoms with E-state index < -0.39 is 0 Å². The molecule has 1 amide bonds. The zero-order valence-electron chi connectivity index (χ0n) is 13.6. The summed E-state index contributed by atoms with van der Waals surface area (Å²) in [6.07, 6.45) is 2.56. The lowest BCUT2D eigenvalue weighted by atomic mass is 10.2. The Morgan fingerprint density at radius 1 is 1.32 bits per heavy atom. The Bertz CT molecular complexity index is 688. The largest absolute Gasteiger partial charge is 0.350 e. The van der Waals surface area contributed by atoms with Gasteiger partial charge in [-0.1, -0.05) is 18.5 Å². The van der Waals surface area contributed by atoms with E-state index in [1.807, 2.05) is 40.9 Å². The van der Waals surface area contributed by atoms with Crippen LogP contribution in [0.5, 0.6) is 0 Å². The monoisotopic (exact) mass is 323 g/mol. The van der Waals surface area contributed by atoms with Crippen LogP contribution in [0.15, 0.2) is 6.20 Å². The molecule has 0 aliphatic carbocycles. The lowest BCUT2D eigenvalue weighted by Crippen LogP contribution is -2.33. The van der Waals surface area contributed by atoms with Crippen LogP contribution >= 0.6 is 11.6 Å². The summed E-state index contributed by atoms with van der Waals surface area (Å²) >= 11 is 6.17. The van der Waals surface area contributed by atoms with E-state index >= 15 is 0 Å². The van der Waals surface area contributed by atoms with E-state index in [4.69, 9.17) is 11.6 Å². The normalized spacial score (nSPS) is 12.5. The van der Waals surface area contributed by atoms with Crippen molar-refractivity contribution in [1.29, 1.82) is 0 Å². The van der Waals surface area contributed by atoms with E-state index in [1.54, 1.807) is 9.36 Å². The van der Waals surface area contributed by atoms with Crippen molar-refractivity contribution in [3.8, 4) is 0 Å². The molecule has 7 heteroatoms. The van der Waals surface area contributed by atoms with Gasteiger partial charge in [-0.15, -0.1) is 0 Å². The maximum absolute atomic E-state index is 12.5. The molecule has 120 valence electrons. The lowest BCUT2D eigenvalue weighted by molar-refractivity contribution is -0.124. The third-order valence-corrected chi connectivity index (χ3v) is 4.34. The number of carbonyl (C=O) groups excluding carboxylic acids is 1. The molecule has 0 saturated carbocycles. The number of halogens is 1. The molecular formula is C15H22ClN5O. The highest BCUT2D eigenvalue weighted by atomic mass is 35.5. The zero-order chi connectivity index (χ0) is 16.4. The summed E-state index contributed by atoms with van der Waals surface area (Å²) in [7, 11) is 1.87. The van der Waals surface area contributed by atoms with Gasteiger partial charge in [0.05, 0.1) is 22.1 Å². The molecule has 0 saturated heterocycles. The smallest absolute Gasteiger partial charge is 0.245 e. The summed E-state index contributed by atoms with van der Waals surface area (Å²) in [5, 5.41) is 12.2. The molecule has 6 nitrogen and oxygen atoms in total. The first kappa shape index (κ1) is 16.5. The second-order valence-electron chi connectivity index (χ2n) is 5.48. The van der Waals surface area contributed by atoms with Gasteiger partial charge in [-0.2, -0.15) is 10.2 Å². The molecule has 0 spiro atoms. The van der Waals surface area contributed by atoms with Crippen LogP contribution in [-0.2, 0) is 18.4 Å². The number of aryl methyl sites for hydroxylation is 3. The molecule has 1 atom stereocenters. The van der Waals surface area contributed by atoms with Gasteiger partial charge >= 0.3 is 0 Å². The molecule has 2 rings (SSSR count). The maximum atomic E-state index is 12.5. The number of nitrogens with zero attached hydrogens (tertiary/aromatic N) is 4. The molecule has 2 aromatic rings. The summed E-state index contributed by atoms with van der Waals surface area (Å²) in [5.41, 5.74) is 3.49. The van der Waals surface area contributed by atoms with Crippen LogP contribution in [0.2, 0.25) is 5.02 Å². The molecule has 0 bridgehead atoms. The standard InChI is InChI=1S/C15H22ClN5O/c1-6-13(21-11(4)14(16)10(3)19-21)15(22)17-7-12-8-20(5)18-9(12)2/h8,13H,6-7H2,1-5H3,(H,17,22). The number of aromatic nitrogens is 4. The molecular weight excluding hydrogens is 302 g/mol. The molecule has 2 aromatic heterocycles. The molecule has 2 heterocycles. The van der Waals surface area contributed by atoms with Gasteiger partial charge in [0.2, 0.25) is 5.91 Å². The van der Waals surface area contributed by atoms with Gasteiger partial charge in [0.1, 0.15) is 6.04 Å². The van der Waals surface area contributed by atoms with E-state index in [0.29, 0.717) is 18.0 Å². The summed E-state index contributed by atoms with van der Waals surface area (Å²) in [6, 6.07) is -0.358. The predicted molar refractivity (Wildman–Crippen MR) is 85.8 cm³/mol. The van der Waals surface area contributed by atoms with Crippen LogP contribution in [0, 0.1) is 20.8 Å². The third-order valence-electron chi connectivity index (χ3n) is 3.79. The average Bonchev–Trinajstić information content (AvgIpc) is 2.92. The number of hydrogen-bond donors (Lipinski definition) is 1. The van der Waals surface area contributed by atoms with Gasteiger partial charge in [0.25, 0.3) is 0 Å². The van der Waals surface area contributed by atoms with Gasteiger partial charge in [0.15, 0.2) is 0 Å². The van der Waals surface area contributed by atoms with Gasteiger partial charge in [-0.25, -0.2) is 0 Å². The molecule has 0 aliphatic heterocycles. The molecule has 0 aliphatic rings. The number of nitrogens with one attached hydrogen (secondary N) is 1. The van der Waals surface area contributed by atoms with Crippen LogP contribution in [0.25, 0.3) is 0 Å². The number of hydrogen-bond acceptors (Lipinski definition) is 3. The Morgan fingerprint density at radius 2 is 2.00 bits per heavy atom. The van der Waals surface area contributed by atoms with Crippen LogP contribution in [-0.4, -0.2) is 25.5 Å². The summed E-state index contributed by atoms with van der Waals surface area (Å²) in [5.74, 6) is -0.0620. The molecule has 0 fully saturated rings. The third kappa shape index (κ3) is 3.16. The topological polar surface area (TPSA) is 64.7 Å². The minimum absolute atomic E-state index is 0.0620. The van der Waals surface area contributed by atoms with Crippen LogP contribution in [0.1, 0.15) is 42.0 Å². The summed E-state index contributed by atoms with van der Waals surface area (Å²) in [4.78, 5) is 12.5. The van der Waals surface area contributed by atoms with E-state index in [0.717, 1.165) is 22.6 Å². The van der Waals surface area contributed by atoms with Gasteiger partial charge < -0.3 is 5.32 Å². The van der Waals surface area contributed by atoms with E-state index in [1.165, 1.54) is 0 Å². The Hall–Kier alpha value is -1.82. The maximum Gasteiger partial charge on any atom is 0.245 e. The van der Waals surface area contributed by atoms with Crippen molar-refractivity contribution in [3.63, 3.8) is 0 Å². The zero-order valence-corrected chi connectivity index (χ0v) is 14.4. The molecule has 1 N–H and O–H groups in total. The fourth-order valence-corrected chi connectivity index (χ4v) is 2.66. The Morgan fingerprint density at radius 3 is 2.45 bits per heavy atom. The minimum atomic E-state index is -0.358. The van der Waals surface area contributed by atoms with Crippen molar-refractivity contribution in [3.05, 3.63) is 33.9 Å². The Balaban J connectivity index is 2.12. The second kappa shape index (κ2) is 6.52. The van der Waals surface area contributed by atoms with Crippen molar-refractivity contribution >= 4 is 17.5 Å². The highest BCUT2D eigenvalue weighted by Crippen LogP contribution is 2.23. The van der Waals surface area contributed by atoms with Crippen LogP contribution in [0.3, 0.4) is 0 Å². The fourth-order valence-electron chi connectivity index (χ4n) is 2.54. The summed E-state index contributed by atoms with van der Waals surface area (Å²) in [6.45, 7) is 8.07. The molecule has 22 heavy (non-hydrogen) atoms. The first-order valence-corrected chi connectivity index (χ1v) is 7.71. The first-order valence-electron chi connectivity index (χ1n) is 7.33. The van der Waals surface area contributed by atoms with Crippen molar-refractivity contribution in [2.45, 2.75) is 46.7 Å². The fraction of sp³-hybridized carbons (Fsp3) is 0.533. The van der Waals surface area contributed by atoms with Crippen molar-refractivity contribution in [1.82, 2.24) is 24.9 Å². The lowest BCUT2D eigenvalue weighted by Gasteiger charge is -2.17. The minimum Gasteiger partial charge on any atom is -0.350 e. The van der Waals surface area contributed by atoms with Gasteiger partial charge in [0, 0.05) is 25.4 Å². The number of carbonyl (C=O) groups is 1. The Labute approximate surface area is 135 Å².